The Morgan fingerprint density at radius 3 is 2.45 bits per heavy atom. The molecule has 0 fully saturated rings. The van der Waals surface area contributed by atoms with E-state index in [4.69, 9.17) is 23.2 Å². The summed E-state index contributed by atoms with van der Waals surface area (Å²) in [6.45, 7) is 0. The number of hydrogen-bond acceptors (Lipinski definition) is 2. The molecule has 0 atom stereocenters. The van der Waals surface area contributed by atoms with Crippen molar-refractivity contribution in [3.05, 3.63) is 46.2 Å². The predicted molar refractivity (Wildman–Crippen MR) is 84.2 cm³/mol. The molecule has 20 heavy (non-hydrogen) atoms. The van der Waals surface area contributed by atoms with E-state index >= 15 is 0 Å². The molecule has 0 unspecified atom stereocenters. The summed E-state index contributed by atoms with van der Waals surface area (Å²) >= 11 is 12.0. The van der Waals surface area contributed by atoms with E-state index in [0.29, 0.717) is 21.4 Å². The van der Waals surface area contributed by atoms with Crippen molar-refractivity contribution < 1.29 is 4.79 Å². The number of halogens is 2. The van der Waals surface area contributed by atoms with Gasteiger partial charge < -0.3 is 14.8 Å². The van der Waals surface area contributed by atoms with Gasteiger partial charge in [0.2, 0.25) is 0 Å². The Morgan fingerprint density at radius 1 is 1.25 bits per heavy atom. The van der Waals surface area contributed by atoms with E-state index in [0.717, 1.165) is 5.69 Å². The molecule has 2 aromatic rings. The fourth-order valence-electron chi connectivity index (χ4n) is 1.89. The van der Waals surface area contributed by atoms with Crippen LogP contribution in [0.15, 0.2) is 30.5 Å². The maximum atomic E-state index is 12.1. The van der Waals surface area contributed by atoms with Crippen LogP contribution in [0.25, 0.3) is 0 Å². The Bertz CT molecular complexity index is 650. The van der Waals surface area contributed by atoms with Gasteiger partial charge >= 0.3 is 0 Å². The number of carbonyl (C=O) groups is 1. The summed E-state index contributed by atoms with van der Waals surface area (Å²) in [7, 11) is 5.58. The highest BCUT2D eigenvalue weighted by Crippen LogP contribution is 2.27. The van der Waals surface area contributed by atoms with Gasteiger partial charge in [0.15, 0.2) is 0 Å². The number of rotatable bonds is 3. The average Bonchev–Trinajstić information content (AvgIpc) is 2.68. The third-order valence-corrected chi connectivity index (χ3v) is 3.40. The summed E-state index contributed by atoms with van der Waals surface area (Å²) in [5.74, 6) is -0.229. The molecule has 0 aliphatic carbocycles. The normalized spacial score (nSPS) is 10.4. The van der Waals surface area contributed by atoms with E-state index in [1.807, 2.05) is 31.1 Å². The first-order valence-corrected chi connectivity index (χ1v) is 6.74. The molecule has 1 N–H and O–H groups in total. The summed E-state index contributed by atoms with van der Waals surface area (Å²) in [5, 5.41) is 3.91. The Morgan fingerprint density at radius 2 is 1.95 bits per heavy atom. The predicted octanol–water partition coefficient (Wildman–Crippen LogP) is 3.65. The average molecular weight is 312 g/mol. The van der Waals surface area contributed by atoms with Crippen LogP contribution in [0.3, 0.4) is 0 Å². The number of nitrogens with zero attached hydrogens (tertiary/aromatic N) is 2. The van der Waals surface area contributed by atoms with Crippen molar-refractivity contribution in [2.24, 2.45) is 7.05 Å². The zero-order valence-corrected chi connectivity index (χ0v) is 13.0. The third kappa shape index (κ3) is 3.08. The van der Waals surface area contributed by atoms with E-state index in [1.54, 1.807) is 29.9 Å². The maximum absolute atomic E-state index is 12.1. The van der Waals surface area contributed by atoms with Crippen molar-refractivity contribution in [1.29, 1.82) is 0 Å². The Labute approximate surface area is 127 Å². The second kappa shape index (κ2) is 5.77. The smallest absolute Gasteiger partial charge is 0.272 e. The van der Waals surface area contributed by atoms with Crippen LogP contribution in [0.5, 0.6) is 0 Å². The van der Waals surface area contributed by atoms with Gasteiger partial charge in [-0.25, -0.2) is 0 Å². The summed E-state index contributed by atoms with van der Waals surface area (Å²) in [5.41, 5.74) is 2.03. The largest absolute Gasteiger partial charge is 0.376 e. The lowest BCUT2D eigenvalue weighted by atomic mass is 10.2. The molecular weight excluding hydrogens is 297 g/mol. The molecule has 1 heterocycles. The number of benzene rings is 1. The van der Waals surface area contributed by atoms with Gasteiger partial charge in [-0.15, -0.1) is 0 Å². The molecule has 0 aliphatic rings. The monoisotopic (exact) mass is 311 g/mol. The molecule has 1 aromatic heterocycles. The minimum Gasteiger partial charge on any atom is -0.376 e. The molecule has 1 aromatic carbocycles. The van der Waals surface area contributed by atoms with E-state index in [1.165, 1.54) is 0 Å². The van der Waals surface area contributed by atoms with Crippen molar-refractivity contribution in [3.8, 4) is 0 Å². The number of aryl methyl sites for hydroxylation is 1. The van der Waals surface area contributed by atoms with Crippen LogP contribution in [-0.4, -0.2) is 24.6 Å². The molecule has 0 saturated carbocycles. The fourth-order valence-corrected chi connectivity index (χ4v) is 2.49. The van der Waals surface area contributed by atoms with Crippen molar-refractivity contribution in [2.45, 2.75) is 0 Å². The minimum atomic E-state index is -0.229. The van der Waals surface area contributed by atoms with Gasteiger partial charge in [0, 0.05) is 33.0 Å². The van der Waals surface area contributed by atoms with Crippen LogP contribution in [0, 0.1) is 0 Å². The standard InChI is InChI=1S/C14H15Cl2N3O/c1-18(2)12-5-4-10(7-11(12)16)17-14(20)13-6-9(15)8-19(13)3/h4-8H,1-3H3,(H,17,20). The maximum Gasteiger partial charge on any atom is 0.272 e. The number of nitrogens with one attached hydrogen (secondary N) is 1. The van der Waals surface area contributed by atoms with Gasteiger partial charge in [-0.2, -0.15) is 0 Å². The van der Waals surface area contributed by atoms with Gasteiger partial charge in [0.05, 0.1) is 15.7 Å². The first-order chi connectivity index (χ1) is 9.38. The van der Waals surface area contributed by atoms with Gasteiger partial charge in [-0.05, 0) is 24.3 Å². The van der Waals surface area contributed by atoms with Crippen molar-refractivity contribution in [3.63, 3.8) is 0 Å². The molecule has 0 aliphatic heterocycles. The van der Waals surface area contributed by atoms with Crippen LogP contribution in [0.1, 0.15) is 10.5 Å². The first-order valence-electron chi connectivity index (χ1n) is 5.98. The number of hydrogen-bond donors (Lipinski definition) is 1. The third-order valence-electron chi connectivity index (χ3n) is 2.89. The molecule has 6 heteroatoms. The van der Waals surface area contributed by atoms with Crippen molar-refractivity contribution >= 4 is 40.5 Å². The second-order valence-electron chi connectivity index (χ2n) is 4.67. The highest BCUT2D eigenvalue weighted by atomic mass is 35.5. The topological polar surface area (TPSA) is 37.3 Å². The lowest BCUT2D eigenvalue weighted by molar-refractivity contribution is 0.101. The highest BCUT2D eigenvalue weighted by molar-refractivity contribution is 6.33. The molecule has 106 valence electrons. The summed E-state index contributed by atoms with van der Waals surface area (Å²) in [6.07, 6.45) is 1.68. The van der Waals surface area contributed by atoms with Crippen LogP contribution >= 0.6 is 23.2 Å². The SMILES string of the molecule is CN(C)c1ccc(NC(=O)c2cc(Cl)cn2C)cc1Cl. The molecule has 0 radical (unpaired) electrons. The van der Waals surface area contributed by atoms with Crippen molar-refractivity contribution in [2.75, 3.05) is 24.3 Å². The molecule has 0 saturated heterocycles. The summed E-state index contributed by atoms with van der Waals surface area (Å²) in [6, 6.07) is 7.01. The number of amides is 1. The van der Waals surface area contributed by atoms with E-state index in [2.05, 4.69) is 5.32 Å². The lowest BCUT2D eigenvalue weighted by Crippen LogP contribution is -2.15. The van der Waals surface area contributed by atoms with Gasteiger partial charge in [0.1, 0.15) is 5.69 Å². The number of anilines is 2. The van der Waals surface area contributed by atoms with Crippen LogP contribution < -0.4 is 10.2 Å². The first kappa shape index (κ1) is 14.8. The minimum absolute atomic E-state index is 0.229. The van der Waals surface area contributed by atoms with Crippen LogP contribution in [0.2, 0.25) is 10.0 Å². The summed E-state index contributed by atoms with van der Waals surface area (Å²) in [4.78, 5) is 14.0. The molecule has 4 nitrogen and oxygen atoms in total. The molecular formula is C14H15Cl2N3O. The quantitative estimate of drug-likeness (QED) is 0.939. The van der Waals surface area contributed by atoms with Gasteiger partial charge in [-0.1, -0.05) is 23.2 Å². The summed E-state index contributed by atoms with van der Waals surface area (Å²) < 4.78 is 1.67. The number of carbonyl (C=O) groups excluding carboxylic acids is 1. The number of aromatic nitrogens is 1. The van der Waals surface area contributed by atoms with Crippen LogP contribution in [0.4, 0.5) is 11.4 Å². The zero-order valence-electron chi connectivity index (χ0n) is 11.4. The van der Waals surface area contributed by atoms with Crippen LogP contribution in [-0.2, 0) is 7.05 Å². The Hall–Kier alpha value is -1.65. The zero-order chi connectivity index (χ0) is 14.9. The Kier molecular flexibility index (Phi) is 4.26. The molecule has 2 rings (SSSR count). The van der Waals surface area contributed by atoms with Gasteiger partial charge in [-0.3, -0.25) is 4.79 Å². The lowest BCUT2D eigenvalue weighted by Gasteiger charge is -2.15. The molecule has 0 spiro atoms. The highest BCUT2D eigenvalue weighted by Gasteiger charge is 2.12. The second-order valence-corrected chi connectivity index (χ2v) is 5.51. The van der Waals surface area contributed by atoms with E-state index < -0.39 is 0 Å². The molecule has 0 bridgehead atoms. The van der Waals surface area contributed by atoms with E-state index in [-0.39, 0.29) is 5.91 Å². The van der Waals surface area contributed by atoms with Gasteiger partial charge in [0.25, 0.3) is 5.91 Å². The fraction of sp³-hybridized carbons (Fsp3) is 0.214. The Balaban J connectivity index is 2.20. The molecule has 1 amide bonds. The van der Waals surface area contributed by atoms with E-state index in [9.17, 15) is 4.79 Å². The van der Waals surface area contributed by atoms with Crippen molar-refractivity contribution in [1.82, 2.24) is 4.57 Å².